The number of hydrogen-bond acceptors (Lipinski definition) is 8. The van der Waals surface area contributed by atoms with Gasteiger partial charge in [-0.25, -0.2) is 14.6 Å². The molecule has 206 valence electrons. The number of nitrogens with zero attached hydrogens (tertiary/aromatic N) is 3. The molecule has 0 spiro atoms. The van der Waals surface area contributed by atoms with Crippen LogP contribution in [0.2, 0.25) is 0 Å². The molecule has 0 bridgehead atoms. The summed E-state index contributed by atoms with van der Waals surface area (Å²) in [4.78, 5) is 45.2. The van der Waals surface area contributed by atoms with E-state index in [0.29, 0.717) is 59.8 Å². The molecule has 1 saturated heterocycles. The van der Waals surface area contributed by atoms with Crippen LogP contribution in [0.25, 0.3) is 22.3 Å². The fourth-order valence-corrected chi connectivity index (χ4v) is 5.86. The van der Waals surface area contributed by atoms with Crippen molar-refractivity contribution < 1.29 is 24.2 Å². The van der Waals surface area contributed by atoms with Gasteiger partial charge in [-0.05, 0) is 55.5 Å². The van der Waals surface area contributed by atoms with E-state index in [2.05, 4.69) is 0 Å². The van der Waals surface area contributed by atoms with E-state index >= 15 is 0 Å². The number of amides is 1. The van der Waals surface area contributed by atoms with Crippen LogP contribution in [0.5, 0.6) is 5.75 Å². The van der Waals surface area contributed by atoms with E-state index in [1.165, 1.54) is 0 Å². The summed E-state index contributed by atoms with van der Waals surface area (Å²) in [7, 11) is 0. The number of halogens is 1. The molecule has 1 amide bonds. The SMILES string of the molecule is CCc1c2c(nc3ccc(OC(=O)N4CCC(N)CC4)cc13)-c1cc3c(c(=O)n1C2)COC(=O)[C@]3(O)CC.Cl. The molecule has 10 nitrogen and oxygen atoms in total. The molecule has 0 unspecified atom stereocenters. The van der Waals surface area contributed by atoms with Gasteiger partial charge in [0.1, 0.15) is 12.4 Å². The molecule has 1 atom stereocenters. The third-order valence-electron chi connectivity index (χ3n) is 8.13. The maximum absolute atomic E-state index is 13.5. The van der Waals surface area contributed by atoms with Gasteiger partial charge in [0.25, 0.3) is 5.56 Å². The lowest BCUT2D eigenvalue weighted by Gasteiger charge is -2.31. The number of ether oxygens (including phenoxy) is 2. The van der Waals surface area contributed by atoms with Crippen LogP contribution < -0.4 is 16.0 Å². The second kappa shape index (κ2) is 9.93. The van der Waals surface area contributed by atoms with Gasteiger partial charge in [0, 0.05) is 35.6 Å². The number of carbonyl (C=O) groups excluding carboxylic acids is 2. The highest BCUT2D eigenvalue weighted by atomic mass is 35.5. The fraction of sp³-hybridized carbons (Fsp3) is 0.429. The molecule has 0 aliphatic carbocycles. The maximum atomic E-state index is 13.5. The highest BCUT2D eigenvalue weighted by Crippen LogP contribution is 2.40. The first-order chi connectivity index (χ1) is 18.2. The zero-order chi connectivity index (χ0) is 26.8. The molecule has 1 fully saturated rings. The molecule has 1 aromatic carbocycles. The Kier molecular flexibility index (Phi) is 6.90. The minimum atomic E-state index is -1.87. The molecule has 6 rings (SSSR count). The first-order valence-electron chi connectivity index (χ1n) is 13.1. The van der Waals surface area contributed by atoms with Gasteiger partial charge in [-0.3, -0.25) is 4.79 Å². The monoisotopic (exact) mass is 554 g/mol. The molecule has 3 aromatic rings. The van der Waals surface area contributed by atoms with Crippen molar-refractivity contribution in [2.24, 2.45) is 5.73 Å². The van der Waals surface area contributed by atoms with Crippen LogP contribution in [0.3, 0.4) is 0 Å². The number of nitrogens with two attached hydrogens (primary N) is 1. The molecule has 0 radical (unpaired) electrons. The number of aromatic nitrogens is 2. The van der Waals surface area contributed by atoms with Gasteiger partial charge in [0.2, 0.25) is 0 Å². The number of rotatable bonds is 3. The Hall–Kier alpha value is -3.47. The predicted molar refractivity (Wildman–Crippen MR) is 146 cm³/mol. The van der Waals surface area contributed by atoms with Crippen molar-refractivity contribution in [3.05, 3.63) is 56.9 Å². The Bertz CT molecular complexity index is 1560. The lowest BCUT2D eigenvalue weighted by Crippen LogP contribution is -2.44. The molecule has 0 saturated carbocycles. The Morgan fingerprint density at radius 3 is 2.64 bits per heavy atom. The Morgan fingerprint density at radius 2 is 1.95 bits per heavy atom. The van der Waals surface area contributed by atoms with Crippen molar-refractivity contribution in [3.8, 4) is 17.1 Å². The zero-order valence-corrected chi connectivity index (χ0v) is 22.7. The first-order valence-corrected chi connectivity index (χ1v) is 13.1. The molecule has 39 heavy (non-hydrogen) atoms. The minimum absolute atomic E-state index is 0. The number of benzene rings is 1. The number of aliphatic hydroxyl groups is 1. The molecule has 3 aliphatic heterocycles. The summed E-state index contributed by atoms with van der Waals surface area (Å²) >= 11 is 0. The van der Waals surface area contributed by atoms with Crippen molar-refractivity contribution in [2.75, 3.05) is 13.1 Å². The number of pyridine rings is 2. The molecule has 11 heteroatoms. The van der Waals surface area contributed by atoms with Crippen molar-refractivity contribution in [2.45, 2.75) is 64.3 Å². The molecular weight excluding hydrogens is 524 g/mol. The second-order valence-corrected chi connectivity index (χ2v) is 10.2. The van der Waals surface area contributed by atoms with Gasteiger partial charge >= 0.3 is 12.1 Å². The van der Waals surface area contributed by atoms with Crippen LogP contribution in [0, 0.1) is 0 Å². The highest BCUT2D eigenvalue weighted by Gasteiger charge is 2.45. The van der Waals surface area contributed by atoms with Gasteiger partial charge in [0.15, 0.2) is 5.60 Å². The number of likely N-dealkylation sites (tertiary alicyclic amines) is 1. The van der Waals surface area contributed by atoms with Gasteiger partial charge < -0.3 is 29.8 Å². The number of carbonyl (C=O) groups is 2. The number of esters is 1. The van der Waals surface area contributed by atoms with Crippen molar-refractivity contribution in [1.29, 1.82) is 0 Å². The van der Waals surface area contributed by atoms with Crippen LogP contribution in [-0.2, 0) is 34.7 Å². The summed E-state index contributed by atoms with van der Waals surface area (Å²) in [6.07, 6.45) is 1.87. The Morgan fingerprint density at radius 1 is 1.21 bits per heavy atom. The molecule has 3 N–H and O–H groups in total. The minimum Gasteiger partial charge on any atom is -0.458 e. The van der Waals surface area contributed by atoms with E-state index in [-0.39, 0.29) is 37.0 Å². The van der Waals surface area contributed by atoms with Crippen LogP contribution >= 0.6 is 12.4 Å². The molecule has 5 heterocycles. The Labute approximate surface area is 231 Å². The summed E-state index contributed by atoms with van der Waals surface area (Å²) in [5.74, 6) is -0.314. The number of cyclic esters (lactones) is 1. The molecule has 2 aromatic heterocycles. The van der Waals surface area contributed by atoms with Crippen LogP contribution in [0.1, 0.15) is 55.4 Å². The lowest BCUT2D eigenvalue weighted by atomic mass is 9.86. The second-order valence-electron chi connectivity index (χ2n) is 10.2. The topological polar surface area (TPSA) is 137 Å². The first kappa shape index (κ1) is 27.1. The van der Waals surface area contributed by atoms with Crippen molar-refractivity contribution in [3.63, 3.8) is 0 Å². The largest absolute Gasteiger partial charge is 0.458 e. The van der Waals surface area contributed by atoms with Crippen LogP contribution in [0.15, 0.2) is 29.1 Å². The van der Waals surface area contributed by atoms with E-state index in [1.54, 1.807) is 28.5 Å². The van der Waals surface area contributed by atoms with Crippen molar-refractivity contribution >= 4 is 35.4 Å². The fourth-order valence-electron chi connectivity index (χ4n) is 5.86. The normalized spacial score (nSPS) is 20.1. The predicted octanol–water partition coefficient (Wildman–Crippen LogP) is 2.99. The number of piperidine rings is 1. The van der Waals surface area contributed by atoms with E-state index < -0.39 is 17.7 Å². The summed E-state index contributed by atoms with van der Waals surface area (Å²) in [5.41, 5.74) is 8.21. The van der Waals surface area contributed by atoms with E-state index in [1.807, 2.05) is 19.1 Å². The molecular formula is C28H31ClN4O6. The summed E-state index contributed by atoms with van der Waals surface area (Å²) in [6.45, 7) is 5.01. The third-order valence-corrected chi connectivity index (χ3v) is 8.13. The average Bonchev–Trinajstić information content (AvgIpc) is 3.28. The van der Waals surface area contributed by atoms with E-state index in [9.17, 15) is 19.5 Å². The quantitative estimate of drug-likeness (QED) is 0.369. The van der Waals surface area contributed by atoms with Gasteiger partial charge in [-0.1, -0.05) is 13.8 Å². The average molecular weight is 555 g/mol. The van der Waals surface area contributed by atoms with Crippen molar-refractivity contribution in [1.82, 2.24) is 14.5 Å². The summed E-state index contributed by atoms with van der Waals surface area (Å²) in [5, 5.41) is 11.9. The van der Waals surface area contributed by atoms with E-state index in [0.717, 1.165) is 29.4 Å². The van der Waals surface area contributed by atoms with Gasteiger partial charge in [-0.2, -0.15) is 0 Å². The number of hydrogen-bond donors (Lipinski definition) is 2. The number of aryl methyl sites for hydroxylation is 1. The van der Waals surface area contributed by atoms with Gasteiger partial charge in [-0.15, -0.1) is 12.4 Å². The summed E-state index contributed by atoms with van der Waals surface area (Å²) < 4.78 is 12.5. The van der Waals surface area contributed by atoms with E-state index in [4.69, 9.17) is 20.2 Å². The van der Waals surface area contributed by atoms with Crippen LogP contribution in [0.4, 0.5) is 4.79 Å². The maximum Gasteiger partial charge on any atom is 0.415 e. The molecule has 3 aliphatic rings. The number of fused-ring (bicyclic) bond motifs is 5. The Balaban J connectivity index is 0.00000308. The zero-order valence-electron chi connectivity index (χ0n) is 21.9. The smallest absolute Gasteiger partial charge is 0.415 e. The standard InChI is InChI=1S/C28H30N4O6.ClH/c1-3-17-18-11-16(38-27(35)31-9-7-15(29)8-10-31)5-6-22(18)30-24-19(17)13-32-23(24)12-21-20(25(32)33)14-37-26(34)28(21,36)4-2;/h5-6,11-12,15,36H,3-4,7-10,13-14,29H2,1-2H3;1H/t28-;/m0./s1. The van der Waals surface area contributed by atoms with Gasteiger partial charge in [0.05, 0.1) is 29.0 Å². The lowest BCUT2D eigenvalue weighted by molar-refractivity contribution is -0.172. The highest BCUT2D eigenvalue weighted by molar-refractivity contribution is 5.90. The van der Waals surface area contributed by atoms with Crippen LogP contribution in [-0.4, -0.2) is 50.8 Å². The summed E-state index contributed by atoms with van der Waals surface area (Å²) in [6, 6.07) is 7.18. The third kappa shape index (κ3) is 4.18.